The molecule has 35 heavy (non-hydrogen) atoms. The Morgan fingerprint density at radius 1 is 1.03 bits per heavy atom. The van der Waals surface area contributed by atoms with Crippen molar-refractivity contribution in [1.82, 2.24) is 14.9 Å². The first-order valence-corrected chi connectivity index (χ1v) is 12.1. The summed E-state index contributed by atoms with van der Waals surface area (Å²) in [5, 5.41) is 0. The van der Waals surface area contributed by atoms with E-state index in [4.69, 9.17) is 9.47 Å². The number of hydrogen-bond acceptors (Lipinski definition) is 6. The Morgan fingerprint density at radius 2 is 1.80 bits per heavy atom. The van der Waals surface area contributed by atoms with Gasteiger partial charge in [-0.05, 0) is 41.3 Å². The van der Waals surface area contributed by atoms with Gasteiger partial charge in [-0.3, -0.25) is 4.79 Å². The number of hydrogen-bond donors (Lipinski definition) is 0. The number of amides is 1. The van der Waals surface area contributed by atoms with E-state index >= 15 is 0 Å². The van der Waals surface area contributed by atoms with Crippen LogP contribution in [-0.4, -0.2) is 60.0 Å². The standard InChI is InChI=1S/C27H27FN4O3/c1-17(28)35-24-5-3-2-4-20(24)21-8-9-32-25(21)23-14-18(6-7-22(23)26(32)33)19-15-29-27(30-16-19)31-10-12-34-13-11-31/h2-7,14-17,21,25H,8-13H2,1H3/t17?,21-,25-/m0/s1. The molecular formula is C27H27FN4O3. The van der Waals surface area contributed by atoms with Crippen molar-refractivity contribution in [3.63, 3.8) is 0 Å². The molecule has 2 fully saturated rings. The third-order valence-electron chi connectivity index (χ3n) is 7.13. The Kier molecular flexibility index (Phi) is 5.60. The average molecular weight is 475 g/mol. The summed E-state index contributed by atoms with van der Waals surface area (Å²) in [6.45, 7) is 4.97. The second-order valence-electron chi connectivity index (χ2n) is 9.21. The molecule has 180 valence electrons. The van der Waals surface area contributed by atoms with Crippen LogP contribution < -0.4 is 9.64 Å². The average Bonchev–Trinajstić information content (AvgIpc) is 3.44. The summed E-state index contributed by atoms with van der Waals surface area (Å²) in [6.07, 6.45) is 3.08. The van der Waals surface area contributed by atoms with E-state index in [0.29, 0.717) is 31.5 Å². The minimum Gasteiger partial charge on any atom is -0.460 e. The van der Waals surface area contributed by atoms with Crippen LogP contribution >= 0.6 is 0 Å². The zero-order valence-electron chi connectivity index (χ0n) is 19.6. The van der Waals surface area contributed by atoms with Gasteiger partial charge in [0.25, 0.3) is 5.91 Å². The van der Waals surface area contributed by atoms with E-state index in [1.54, 1.807) is 6.07 Å². The molecule has 0 radical (unpaired) electrons. The number of carbonyl (C=O) groups excluding carboxylic acids is 1. The highest BCUT2D eigenvalue weighted by molar-refractivity contribution is 6.00. The van der Waals surface area contributed by atoms with E-state index in [1.165, 1.54) is 6.92 Å². The smallest absolute Gasteiger partial charge is 0.254 e. The number of para-hydroxylation sites is 1. The van der Waals surface area contributed by atoms with Crippen molar-refractivity contribution in [2.45, 2.75) is 31.7 Å². The Balaban J connectivity index is 1.33. The Hall–Kier alpha value is -3.52. The molecular weight excluding hydrogens is 447 g/mol. The predicted octanol–water partition coefficient (Wildman–Crippen LogP) is 4.36. The third-order valence-corrected chi connectivity index (χ3v) is 7.13. The highest BCUT2D eigenvalue weighted by atomic mass is 19.1. The number of alkyl halides is 1. The molecule has 0 bridgehead atoms. The second kappa shape index (κ2) is 8.92. The lowest BCUT2D eigenvalue weighted by Crippen LogP contribution is -2.37. The number of benzene rings is 2. The number of morpholine rings is 1. The van der Waals surface area contributed by atoms with Crippen LogP contribution in [0.3, 0.4) is 0 Å². The number of fused-ring (bicyclic) bond motifs is 3. The molecule has 1 unspecified atom stereocenters. The SMILES string of the molecule is CC(F)Oc1ccccc1[C@@H]1CCN2C(=O)c3ccc(-c4cnc(N5CCOCC5)nc4)cc3[C@H]12. The molecule has 7 nitrogen and oxygen atoms in total. The van der Waals surface area contributed by atoms with Gasteiger partial charge >= 0.3 is 0 Å². The maximum atomic E-state index is 13.7. The highest BCUT2D eigenvalue weighted by Crippen LogP contribution is 2.51. The molecule has 2 aromatic carbocycles. The second-order valence-corrected chi connectivity index (χ2v) is 9.21. The molecule has 6 rings (SSSR count). The van der Waals surface area contributed by atoms with Gasteiger partial charge in [0.2, 0.25) is 12.3 Å². The fourth-order valence-electron chi connectivity index (χ4n) is 5.53. The lowest BCUT2D eigenvalue weighted by atomic mass is 9.86. The summed E-state index contributed by atoms with van der Waals surface area (Å²) >= 11 is 0. The van der Waals surface area contributed by atoms with E-state index in [1.807, 2.05) is 47.6 Å². The molecule has 8 heteroatoms. The molecule has 3 atom stereocenters. The van der Waals surface area contributed by atoms with Gasteiger partial charge in [0.1, 0.15) is 5.75 Å². The summed E-state index contributed by atoms with van der Waals surface area (Å²) in [4.78, 5) is 26.4. The number of rotatable bonds is 5. The first kappa shape index (κ1) is 22.0. The molecule has 0 spiro atoms. The van der Waals surface area contributed by atoms with Crippen LogP contribution in [0.1, 0.15) is 46.8 Å². The Bertz CT molecular complexity index is 1240. The summed E-state index contributed by atoms with van der Waals surface area (Å²) in [5.74, 6) is 1.33. The van der Waals surface area contributed by atoms with Crippen LogP contribution in [0.25, 0.3) is 11.1 Å². The first-order chi connectivity index (χ1) is 17.1. The molecule has 3 aliphatic heterocycles. The zero-order valence-corrected chi connectivity index (χ0v) is 19.6. The van der Waals surface area contributed by atoms with Gasteiger partial charge in [0.15, 0.2) is 0 Å². The van der Waals surface area contributed by atoms with Gasteiger partial charge in [-0.2, -0.15) is 0 Å². The largest absolute Gasteiger partial charge is 0.460 e. The van der Waals surface area contributed by atoms with E-state index in [2.05, 4.69) is 20.9 Å². The summed E-state index contributed by atoms with van der Waals surface area (Å²) in [7, 11) is 0. The van der Waals surface area contributed by atoms with E-state index in [-0.39, 0.29) is 17.9 Å². The summed E-state index contributed by atoms with van der Waals surface area (Å²) in [6, 6.07) is 13.4. The van der Waals surface area contributed by atoms with E-state index < -0.39 is 6.36 Å². The topological polar surface area (TPSA) is 67.8 Å². The monoisotopic (exact) mass is 474 g/mol. The van der Waals surface area contributed by atoms with Crippen LogP contribution in [0, 0.1) is 0 Å². The van der Waals surface area contributed by atoms with Crippen molar-refractivity contribution in [3.05, 3.63) is 71.5 Å². The number of halogens is 1. The molecule has 0 saturated carbocycles. The van der Waals surface area contributed by atoms with Crippen molar-refractivity contribution in [1.29, 1.82) is 0 Å². The first-order valence-electron chi connectivity index (χ1n) is 12.1. The van der Waals surface area contributed by atoms with Gasteiger partial charge in [0.05, 0.1) is 19.3 Å². The molecule has 1 aromatic heterocycles. The number of ether oxygens (including phenoxy) is 2. The van der Waals surface area contributed by atoms with Crippen molar-refractivity contribution >= 4 is 11.9 Å². The van der Waals surface area contributed by atoms with Gasteiger partial charge in [0, 0.05) is 56.0 Å². The molecule has 1 amide bonds. The van der Waals surface area contributed by atoms with Crippen LogP contribution in [0.2, 0.25) is 0 Å². The normalized spacial score (nSPS) is 22.2. The summed E-state index contributed by atoms with van der Waals surface area (Å²) < 4.78 is 24.6. The minimum atomic E-state index is -1.40. The molecule has 3 aliphatic rings. The number of aromatic nitrogens is 2. The van der Waals surface area contributed by atoms with Crippen LogP contribution in [0.15, 0.2) is 54.9 Å². The van der Waals surface area contributed by atoms with Crippen LogP contribution in [0.4, 0.5) is 10.3 Å². The number of anilines is 1. The van der Waals surface area contributed by atoms with Crippen molar-refractivity contribution in [2.75, 3.05) is 37.7 Å². The minimum absolute atomic E-state index is 0.0327. The summed E-state index contributed by atoms with van der Waals surface area (Å²) in [5.41, 5.74) is 4.54. The number of nitrogens with zero attached hydrogens (tertiary/aromatic N) is 4. The van der Waals surface area contributed by atoms with Crippen LogP contribution in [-0.2, 0) is 4.74 Å². The Labute approximate surface area is 203 Å². The third kappa shape index (κ3) is 3.91. The van der Waals surface area contributed by atoms with Gasteiger partial charge in [-0.15, -0.1) is 0 Å². The predicted molar refractivity (Wildman–Crippen MR) is 129 cm³/mol. The van der Waals surface area contributed by atoms with Gasteiger partial charge in [-0.25, -0.2) is 14.4 Å². The van der Waals surface area contributed by atoms with E-state index in [9.17, 15) is 9.18 Å². The Morgan fingerprint density at radius 3 is 2.57 bits per heavy atom. The lowest BCUT2D eigenvalue weighted by molar-refractivity contribution is 0.0762. The maximum Gasteiger partial charge on any atom is 0.254 e. The highest BCUT2D eigenvalue weighted by Gasteiger charge is 2.46. The van der Waals surface area contributed by atoms with E-state index in [0.717, 1.165) is 47.3 Å². The molecule has 3 aromatic rings. The van der Waals surface area contributed by atoms with Crippen LogP contribution in [0.5, 0.6) is 5.75 Å². The lowest BCUT2D eigenvalue weighted by Gasteiger charge is -2.26. The molecule has 4 heterocycles. The van der Waals surface area contributed by atoms with Crippen molar-refractivity contribution in [3.8, 4) is 16.9 Å². The van der Waals surface area contributed by atoms with Crippen molar-refractivity contribution < 1.29 is 18.7 Å². The fourth-order valence-corrected chi connectivity index (χ4v) is 5.53. The fraction of sp³-hybridized carbons (Fsp3) is 0.370. The maximum absolute atomic E-state index is 13.7. The molecule has 0 aliphatic carbocycles. The van der Waals surface area contributed by atoms with Gasteiger partial charge in [-0.1, -0.05) is 24.3 Å². The zero-order chi connectivity index (χ0) is 23.9. The molecule has 2 saturated heterocycles. The van der Waals surface area contributed by atoms with Gasteiger partial charge < -0.3 is 19.3 Å². The number of carbonyl (C=O) groups is 1. The van der Waals surface area contributed by atoms with Crippen molar-refractivity contribution in [2.24, 2.45) is 0 Å². The molecule has 0 N–H and O–H groups in total. The quantitative estimate of drug-likeness (QED) is 0.548.